The van der Waals surface area contributed by atoms with Crippen molar-refractivity contribution in [3.8, 4) is 11.5 Å². The van der Waals surface area contributed by atoms with Gasteiger partial charge in [0, 0.05) is 29.0 Å². The Morgan fingerprint density at radius 3 is 1.97 bits per heavy atom. The van der Waals surface area contributed by atoms with E-state index in [0.29, 0.717) is 17.7 Å². The minimum absolute atomic E-state index is 0.0276. The Kier molecular flexibility index (Phi) is 6.52. The summed E-state index contributed by atoms with van der Waals surface area (Å²) in [7, 11) is 3.26. The van der Waals surface area contributed by atoms with Crippen LogP contribution in [0, 0.1) is 0 Å². The lowest BCUT2D eigenvalue weighted by Gasteiger charge is -2.17. The Morgan fingerprint density at radius 2 is 1.38 bits per heavy atom. The molecule has 0 heterocycles. The van der Waals surface area contributed by atoms with Crippen LogP contribution in [0.15, 0.2) is 108 Å². The molecule has 160 valence electrons. The number of rotatable bonds is 8. The second-order valence-corrected chi connectivity index (χ2v) is 7.35. The average molecular weight is 424 g/mol. The summed E-state index contributed by atoms with van der Waals surface area (Å²) in [5.41, 5.74) is 5.19. The van der Waals surface area contributed by atoms with E-state index in [-0.39, 0.29) is 5.78 Å². The van der Waals surface area contributed by atoms with E-state index in [9.17, 15) is 4.79 Å². The van der Waals surface area contributed by atoms with Crippen LogP contribution < -0.4 is 14.8 Å². The average Bonchev–Trinajstić information content (AvgIpc) is 3.34. The Labute approximate surface area is 188 Å². The standard InChI is InChI=1S/C28H25NO3/c1-31-23-15-11-21(12-16-23)27(29-19-20-7-4-3-5-8-20)25-9-6-10-26(25)28(30)22-13-17-24(32-2)18-14-22/h3-18,29H,19H2,1-2H3. The molecule has 4 rings (SSSR count). The number of benzene rings is 3. The van der Waals surface area contributed by atoms with Gasteiger partial charge in [0.2, 0.25) is 0 Å². The third-order valence-electron chi connectivity index (χ3n) is 5.37. The molecule has 4 nitrogen and oxygen atoms in total. The van der Waals surface area contributed by atoms with Crippen LogP contribution in [0.3, 0.4) is 0 Å². The van der Waals surface area contributed by atoms with Crippen molar-refractivity contribution in [3.05, 3.63) is 125 Å². The normalized spacial score (nSPS) is 14.0. The van der Waals surface area contributed by atoms with Crippen LogP contribution in [0.1, 0.15) is 21.5 Å². The number of methoxy groups -OCH3 is 2. The number of nitrogens with one attached hydrogen (secondary N) is 1. The van der Waals surface area contributed by atoms with Crippen molar-refractivity contribution in [3.63, 3.8) is 0 Å². The highest BCUT2D eigenvalue weighted by Gasteiger charge is 2.21. The van der Waals surface area contributed by atoms with Gasteiger partial charge in [0.25, 0.3) is 0 Å². The van der Waals surface area contributed by atoms with E-state index < -0.39 is 0 Å². The zero-order valence-electron chi connectivity index (χ0n) is 18.2. The van der Waals surface area contributed by atoms with Crippen molar-refractivity contribution in [2.24, 2.45) is 0 Å². The number of Topliss-reactive ketones (excluding diaryl/α,β-unsaturated/α-hetero) is 1. The SMILES string of the molecule is COc1ccc(C(=O)C2=CC=CC2=C(NCc2ccccc2)c2ccc(OC)cc2)cc1. The first kappa shape index (κ1) is 21.2. The molecule has 0 unspecified atom stereocenters. The quantitative estimate of drug-likeness (QED) is 0.480. The summed E-state index contributed by atoms with van der Waals surface area (Å²) in [5, 5.41) is 3.56. The van der Waals surface area contributed by atoms with Crippen LogP contribution in [0.4, 0.5) is 0 Å². The van der Waals surface area contributed by atoms with Gasteiger partial charge in [-0.15, -0.1) is 0 Å². The maximum absolute atomic E-state index is 13.3. The number of ketones is 1. The second kappa shape index (κ2) is 9.84. The molecule has 0 bridgehead atoms. The maximum atomic E-state index is 13.3. The maximum Gasteiger partial charge on any atom is 0.193 e. The number of allylic oxidation sites excluding steroid dienone is 5. The number of carbonyl (C=O) groups excluding carboxylic acids is 1. The van der Waals surface area contributed by atoms with E-state index in [4.69, 9.17) is 9.47 Å². The van der Waals surface area contributed by atoms with Crippen molar-refractivity contribution in [2.45, 2.75) is 6.54 Å². The third kappa shape index (κ3) is 4.65. The lowest BCUT2D eigenvalue weighted by molar-refractivity contribution is 0.103. The molecule has 3 aromatic carbocycles. The van der Waals surface area contributed by atoms with E-state index in [0.717, 1.165) is 33.9 Å². The fraction of sp³-hybridized carbons (Fsp3) is 0.107. The summed E-state index contributed by atoms with van der Waals surface area (Å²) in [6.45, 7) is 0.642. The highest BCUT2D eigenvalue weighted by molar-refractivity contribution is 6.14. The molecule has 0 amide bonds. The van der Waals surface area contributed by atoms with Crippen LogP contribution in [0.5, 0.6) is 11.5 Å². The van der Waals surface area contributed by atoms with Gasteiger partial charge in [-0.1, -0.05) is 48.6 Å². The van der Waals surface area contributed by atoms with Crippen LogP contribution in [-0.4, -0.2) is 20.0 Å². The van der Waals surface area contributed by atoms with Gasteiger partial charge < -0.3 is 14.8 Å². The van der Waals surface area contributed by atoms with Gasteiger partial charge in [-0.3, -0.25) is 4.79 Å². The van der Waals surface area contributed by atoms with E-state index >= 15 is 0 Å². The minimum Gasteiger partial charge on any atom is -0.497 e. The zero-order chi connectivity index (χ0) is 22.3. The first-order valence-corrected chi connectivity index (χ1v) is 10.4. The van der Waals surface area contributed by atoms with Crippen LogP contribution in [0.25, 0.3) is 5.70 Å². The van der Waals surface area contributed by atoms with Crippen LogP contribution >= 0.6 is 0 Å². The van der Waals surface area contributed by atoms with Gasteiger partial charge in [-0.05, 0) is 59.7 Å². The number of ether oxygens (including phenoxy) is 2. The molecule has 0 aliphatic heterocycles. The van der Waals surface area contributed by atoms with E-state index in [1.54, 1.807) is 38.5 Å². The van der Waals surface area contributed by atoms with Gasteiger partial charge in [-0.2, -0.15) is 0 Å². The first-order chi connectivity index (χ1) is 15.7. The Morgan fingerprint density at radius 1 is 0.781 bits per heavy atom. The van der Waals surface area contributed by atoms with Crippen molar-refractivity contribution in [2.75, 3.05) is 14.2 Å². The number of hydrogen-bond acceptors (Lipinski definition) is 4. The number of carbonyl (C=O) groups is 1. The summed E-state index contributed by atoms with van der Waals surface area (Å²) in [6, 6.07) is 25.2. The minimum atomic E-state index is -0.0276. The van der Waals surface area contributed by atoms with E-state index in [1.807, 2.05) is 60.7 Å². The van der Waals surface area contributed by atoms with E-state index in [2.05, 4.69) is 17.4 Å². The molecule has 0 atom stereocenters. The molecule has 1 N–H and O–H groups in total. The smallest absolute Gasteiger partial charge is 0.193 e. The molecular weight excluding hydrogens is 398 g/mol. The highest BCUT2D eigenvalue weighted by atomic mass is 16.5. The largest absolute Gasteiger partial charge is 0.497 e. The van der Waals surface area contributed by atoms with Crippen molar-refractivity contribution in [1.82, 2.24) is 5.32 Å². The van der Waals surface area contributed by atoms with Gasteiger partial charge in [0.15, 0.2) is 5.78 Å². The molecule has 1 aliphatic rings. The summed E-state index contributed by atoms with van der Waals surface area (Å²) in [6.07, 6.45) is 5.77. The lowest BCUT2D eigenvalue weighted by atomic mass is 9.95. The van der Waals surface area contributed by atoms with Gasteiger partial charge in [-0.25, -0.2) is 0 Å². The molecule has 0 radical (unpaired) electrons. The Hall–Kier alpha value is -4.05. The molecule has 0 spiro atoms. The molecule has 0 saturated carbocycles. The van der Waals surface area contributed by atoms with Crippen LogP contribution in [-0.2, 0) is 6.54 Å². The summed E-state index contributed by atoms with van der Waals surface area (Å²) >= 11 is 0. The molecule has 0 saturated heterocycles. The summed E-state index contributed by atoms with van der Waals surface area (Å²) in [4.78, 5) is 13.3. The van der Waals surface area contributed by atoms with Gasteiger partial charge >= 0.3 is 0 Å². The predicted octanol–water partition coefficient (Wildman–Crippen LogP) is 5.58. The van der Waals surface area contributed by atoms with Gasteiger partial charge in [0.05, 0.1) is 14.2 Å². The molecule has 0 aromatic heterocycles. The summed E-state index contributed by atoms with van der Waals surface area (Å²) < 4.78 is 10.5. The molecule has 4 heteroatoms. The Bertz CT molecular complexity index is 1170. The highest BCUT2D eigenvalue weighted by Crippen LogP contribution is 2.31. The fourth-order valence-electron chi connectivity index (χ4n) is 3.63. The van der Waals surface area contributed by atoms with Gasteiger partial charge in [0.1, 0.15) is 11.5 Å². The molecular formula is C28H25NO3. The third-order valence-corrected chi connectivity index (χ3v) is 5.37. The summed E-state index contributed by atoms with van der Waals surface area (Å²) in [5.74, 6) is 1.48. The zero-order valence-corrected chi connectivity index (χ0v) is 18.2. The second-order valence-electron chi connectivity index (χ2n) is 7.35. The van der Waals surface area contributed by atoms with Crippen molar-refractivity contribution in [1.29, 1.82) is 0 Å². The van der Waals surface area contributed by atoms with Crippen molar-refractivity contribution >= 4 is 11.5 Å². The monoisotopic (exact) mass is 423 g/mol. The van der Waals surface area contributed by atoms with E-state index in [1.165, 1.54) is 0 Å². The number of hydrogen-bond donors (Lipinski definition) is 1. The molecule has 3 aromatic rings. The molecule has 1 aliphatic carbocycles. The predicted molar refractivity (Wildman–Crippen MR) is 128 cm³/mol. The van der Waals surface area contributed by atoms with Crippen molar-refractivity contribution < 1.29 is 14.3 Å². The lowest BCUT2D eigenvalue weighted by Crippen LogP contribution is -2.16. The first-order valence-electron chi connectivity index (χ1n) is 10.4. The van der Waals surface area contributed by atoms with Crippen LogP contribution in [0.2, 0.25) is 0 Å². The molecule has 32 heavy (non-hydrogen) atoms. The Balaban J connectivity index is 1.70. The molecule has 0 fully saturated rings. The fourth-order valence-corrected chi connectivity index (χ4v) is 3.63. The topological polar surface area (TPSA) is 47.6 Å².